The van der Waals surface area contributed by atoms with Crippen molar-refractivity contribution in [1.29, 1.82) is 0 Å². The highest BCUT2D eigenvalue weighted by Crippen LogP contribution is 2.21. The molecule has 1 aliphatic heterocycles. The summed E-state index contributed by atoms with van der Waals surface area (Å²) in [6.07, 6.45) is 4.46. The lowest BCUT2D eigenvalue weighted by Gasteiger charge is -2.33. The van der Waals surface area contributed by atoms with Gasteiger partial charge in [0.15, 0.2) is 0 Å². The van der Waals surface area contributed by atoms with Crippen LogP contribution in [0, 0.1) is 0 Å². The van der Waals surface area contributed by atoms with Gasteiger partial charge < -0.3 is 15.4 Å². The van der Waals surface area contributed by atoms with Crippen molar-refractivity contribution in [2.45, 2.75) is 31.9 Å². The van der Waals surface area contributed by atoms with Crippen molar-refractivity contribution in [3.05, 3.63) is 23.9 Å². The van der Waals surface area contributed by atoms with E-state index in [0.717, 1.165) is 37.3 Å². The SMILES string of the molecule is COC1CCCN(c2cc([C@H](C)N)ccn2)C1. The number of nitrogens with zero attached hydrogens (tertiary/aromatic N) is 2. The Morgan fingerprint density at radius 1 is 1.59 bits per heavy atom. The first-order chi connectivity index (χ1) is 8.20. The fourth-order valence-corrected chi connectivity index (χ4v) is 2.23. The summed E-state index contributed by atoms with van der Waals surface area (Å²) >= 11 is 0. The average Bonchev–Trinajstić information content (AvgIpc) is 2.39. The fraction of sp³-hybridized carbons (Fsp3) is 0.615. The number of anilines is 1. The largest absolute Gasteiger partial charge is 0.380 e. The van der Waals surface area contributed by atoms with Crippen molar-refractivity contribution in [3.63, 3.8) is 0 Å². The molecule has 17 heavy (non-hydrogen) atoms. The second-order valence-electron chi connectivity index (χ2n) is 4.68. The Balaban J connectivity index is 2.13. The Morgan fingerprint density at radius 3 is 3.12 bits per heavy atom. The molecule has 94 valence electrons. The lowest BCUT2D eigenvalue weighted by Crippen LogP contribution is -2.39. The monoisotopic (exact) mass is 235 g/mol. The first kappa shape index (κ1) is 12.3. The molecule has 1 aliphatic rings. The first-order valence-electron chi connectivity index (χ1n) is 6.20. The van der Waals surface area contributed by atoms with E-state index in [-0.39, 0.29) is 6.04 Å². The highest BCUT2D eigenvalue weighted by atomic mass is 16.5. The predicted molar refractivity (Wildman–Crippen MR) is 69.1 cm³/mol. The van der Waals surface area contributed by atoms with Crippen LogP contribution in [0.1, 0.15) is 31.4 Å². The number of hydrogen-bond acceptors (Lipinski definition) is 4. The van der Waals surface area contributed by atoms with Gasteiger partial charge in [-0.25, -0.2) is 4.98 Å². The van der Waals surface area contributed by atoms with Gasteiger partial charge in [-0.3, -0.25) is 0 Å². The van der Waals surface area contributed by atoms with Crippen LogP contribution in [0.25, 0.3) is 0 Å². The van der Waals surface area contributed by atoms with Gasteiger partial charge in [0.25, 0.3) is 0 Å². The minimum Gasteiger partial charge on any atom is -0.380 e. The van der Waals surface area contributed by atoms with Crippen molar-refractivity contribution < 1.29 is 4.74 Å². The van der Waals surface area contributed by atoms with E-state index in [9.17, 15) is 0 Å². The molecule has 2 N–H and O–H groups in total. The van der Waals surface area contributed by atoms with Crippen LogP contribution in [-0.2, 0) is 4.74 Å². The summed E-state index contributed by atoms with van der Waals surface area (Å²) in [6, 6.07) is 4.12. The third-order valence-electron chi connectivity index (χ3n) is 3.33. The Bertz CT molecular complexity index is 367. The molecule has 2 rings (SSSR count). The number of hydrogen-bond donors (Lipinski definition) is 1. The molecule has 4 heteroatoms. The zero-order valence-corrected chi connectivity index (χ0v) is 10.6. The standard InChI is InChI=1S/C13H21N3O/c1-10(14)11-5-6-15-13(8-11)16-7-3-4-12(9-16)17-2/h5-6,8,10,12H,3-4,7,9,14H2,1-2H3/t10-,12?/m0/s1. The van der Waals surface area contributed by atoms with Crippen LogP contribution in [0.3, 0.4) is 0 Å². The average molecular weight is 235 g/mol. The maximum atomic E-state index is 5.89. The van der Waals surface area contributed by atoms with Crippen LogP contribution in [0.4, 0.5) is 5.82 Å². The van der Waals surface area contributed by atoms with Gasteiger partial charge in [0.1, 0.15) is 5.82 Å². The van der Waals surface area contributed by atoms with Gasteiger partial charge in [-0.1, -0.05) is 0 Å². The van der Waals surface area contributed by atoms with E-state index in [2.05, 4.69) is 16.0 Å². The number of nitrogens with two attached hydrogens (primary N) is 1. The molecule has 0 aliphatic carbocycles. The number of ether oxygens (including phenoxy) is 1. The van der Waals surface area contributed by atoms with E-state index in [0.29, 0.717) is 6.10 Å². The van der Waals surface area contributed by atoms with Gasteiger partial charge in [-0.15, -0.1) is 0 Å². The molecule has 0 aromatic carbocycles. The molecule has 0 radical (unpaired) electrons. The third kappa shape index (κ3) is 2.96. The highest BCUT2D eigenvalue weighted by Gasteiger charge is 2.20. The molecule has 1 unspecified atom stereocenters. The topological polar surface area (TPSA) is 51.4 Å². The summed E-state index contributed by atoms with van der Waals surface area (Å²) < 4.78 is 5.43. The number of methoxy groups -OCH3 is 1. The second-order valence-corrected chi connectivity index (χ2v) is 4.68. The molecule has 1 aromatic rings. The fourth-order valence-electron chi connectivity index (χ4n) is 2.23. The van der Waals surface area contributed by atoms with Crippen LogP contribution in [0.5, 0.6) is 0 Å². The predicted octanol–water partition coefficient (Wildman–Crippen LogP) is 1.72. The van der Waals surface area contributed by atoms with Crippen LogP contribution >= 0.6 is 0 Å². The Hall–Kier alpha value is -1.13. The Kier molecular flexibility index (Phi) is 3.97. The molecule has 1 aromatic heterocycles. The minimum atomic E-state index is 0.0553. The van der Waals surface area contributed by atoms with Gasteiger partial charge >= 0.3 is 0 Å². The van der Waals surface area contributed by atoms with E-state index in [1.54, 1.807) is 7.11 Å². The first-order valence-corrected chi connectivity index (χ1v) is 6.20. The van der Waals surface area contributed by atoms with Gasteiger partial charge in [0.05, 0.1) is 6.10 Å². The van der Waals surface area contributed by atoms with Gasteiger partial charge in [-0.05, 0) is 37.5 Å². The molecule has 0 spiro atoms. The lowest BCUT2D eigenvalue weighted by atomic mass is 10.1. The van der Waals surface area contributed by atoms with Gasteiger partial charge in [-0.2, -0.15) is 0 Å². The molecule has 1 fully saturated rings. The van der Waals surface area contributed by atoms with Crippen LogP contribution in [-0.4, -0.2) is 31.3 Å². The Morgan fingerprint density at radius 2 is 2.41 bits per heavy atom. The molecule has 2 heterocycles. The van der Waals surface area contributed by atoms with E-state index in [1.165, 1.54) is 0 Å². The number of rotatable bonds is 3. The quantitative estimate of drug-likeness (QED) is 0.866. The normalized spacial score (nSPS) is 22.5. The summed E-state index contributed by atoms with van der Waals surface area (Å²) in [4.78, 5) is 6.71. The van der Waals surface area contributed by atoms with Gasteiger partial charge in [0.2, 0.25) is 0 Å². The Labute approximate surface area is 103 Å². The smallest absolute Gasteiger partial charge is 0.128 e. The summed E-state index contributed by atoms with van der Waals surface area (Å²) in [6.45, 7) is 3.97. The molecule has 0 bridgehead atoms. The van der Waals surface area contributed by atoms with E-state index in [4.69, 9.17) is 10.5 Å². The molecule has 4 nitrogen and oxygen atoms in total. The zero-order chi connectivity index (χ0) is 12.3. The summed E-state index contributed by atoms with van der Waals surface area (Å²) in [5.41, 5.74) is 7.03. The highest BCUT2D eigenvalue weighted by molar-refractivity contribution is 5.42. The van der Waals surface area contributed by atoms with Crippen LogP contribution < -0.4 is 10.6 Å². The van der Waals surface area contributed by atoms with E-state index >= 15 is 0 Å². The third-order valence-corrected chi connectivity index (χ3v) is 3.33. The van der Waals surface area contributed by atoms with Crippen LogP contribution in [0.2, 0.25) is 0 Å². The van der Waals surface area contributed by atoms with Crippen molar-refractivity contribution >= 4 is 5.82 Å². The summed E-state index contributed by atoms with van der Waals surface area (Å²) in [5.74, 6) is 1.02. The van der Waals surface area contributed by atoms with Crippen molar-refractivity contribution in [3.8, 4) is 0 Å². The second kappa shape index (κ2) is 5.47. The molecular formula is C13H21N3O. The van der Waals surface area contributed by atoms with Crippen molar-refractivity contribution in [2.24, 2.45) is 5.73 Å². The lowest BCUT2D eigenvalue weighted by molar-refractivity contribution is 0.0891. The molecular weight excluding hydrogens is 214 g/mol. The zero-order valence-electron chi connectivity index (χ0n) is 10.6. The molecule has 0 amide bonds. The molecule has 2 atom stereocenters. The summed E-state index contributed by atoms with van der Waals surface area (Å²) in [7, 11) is 1.78. The van der Waals surface area contributed by atoms with E-state index in [1.807, 2.05) is 19.2 Å². The maximum Gasteiger partial charge on any atom is 0.128 e. The number of pyridine rings is 1. The summed E-state index contributed by atoms with van der Waals surface area (Å²) in [5, 5.41) is 0. The van der Waals surface area contributed by atoms with Crippen molar-refractivity contribution in [2.75, 3.05) is 25.1 Å². The molecule has 0 saturated carbocycles. The minimum absolute atomic E-state index is 0.0553. The van der Waals surface area contributed by atoms with Crippen molar-refractivity contribution in [1.82, 2.24) is 4.98 Å². The van der Waals surface area contributed by atoms with E-state index < -0.39 is 0 Å². The number of piperidine rings is 1. The van der Waals surface area contributed by atoms with Gasteiger partial charge in [0, 0.05) is 32.4 Å². The maximum absolute atomic E-state index is 5.89. The number of aromatic nitrogens is 1. The molecule has 1 saturated heterocycles. The van der Waals surface area contributed by atoms with Crippen LogP contribution in [0.15, 0.2) is 18.3 Å².